The van der Waals surface area contributed by atoms with Gasteiger partial charge in [0.25, 0.3) is 0 Å². The van der Waals surface area contributed by atoms with Crippen molar-refractivity contribution in [3.05, 3.63) is 29.3 Å². The van der Waals surface area contributed by atoms with E-state index in [0.717, 1.165) is 43.9 Å². The van der Waals surface area contributed by atoms with Gasteiger partial charge in [0.15, 0.2) is 5.60 Å². The maximum Gasteiger partial charge on any atom is 0.337 e. The Labute approximate surface area is 123 Å². The summed E-state index contributed by atoms with van der Waals surface area (Å²) < 4.78 is 0. The van der Waals surface area contributed by atoms with Gasteiger partial charge >= 0.3 is 12.0 Å². The fraction of sp³-hybridized carbons (Fsp3) is 0.467. The van der Waals surface area contributed by atoms with Gasteiger partial charge in [0.2, 0.25) is 0 Å². The van der Waals surface area contributed by atoms with Crippen molar-refractivity contribution < 1.29 is 19.8 Å². The number of carboxylic acid groups (broad SMARTS) is 1. The van der Waals surface area contributed by atoms with E-state index in [1.54, 1.807) is 0 Å². The lowest BCUT2D eigenvalue weighted by molar-refractivity contribution is -0.155. The van der Waals surface area contributed by atoms with Crippen LogP contribution in [-0.2, 0) is 17.6 Å². The van der Waals surface area contributed by atoms with E-state index in [9.17, 15) is 14.7 Å². The summed E-state index contributed by atoms with van der Waals surface area (Å²) in [6, 6.07) is 5.27. The minimum atomic E-state index is -1.98. The number of carbonyl (C=O) groups excluding carboxylic acids is 1. The molecule has 0 bridgehead atoms. The minimum Gasteiger partial charge on any atom is -0.479 e. The highest BCUT2D eigenvalue weighted by Crippen LogP contribution is 2.27. The van der Waals surface area contributed by atoms with Gasteiger partial charge in [0, 0.05) is 5.69 Å². The monoisotopic (exact) mass is 292 g/mol. The van der Waals surface area contributed by atoms with Crippen LogP contribution in [0.2, 0.25) is 0 Å². The molecule has 0 saturated heterocycles. The zero-order valence-electron chi connectivity index (χ0n) is 12.0. The summed E-state index contributed by atoms with van der Waals surface area (Å²) >= 11 is 0. The van der Waals surface area contributed by atoms with Crippen LogP contribution in [-0.4, -0.2) is 34.4 Å². The quantitative estimate of drug-likeness (QED) is 0.676. The molecular formula is C15H20N2O4. The van der Waals surface area contributed by atoms with Crippen molar-refractivity contribution in [2.75, 3.05) is 11.9 Å². The number of fused-ring (bicyclic) bond motifs is 1. The van der Waals surface area contributed by atoms with Crippen molar-refractivity contribution in [2.24, 2.45) is 0 Å². The van der Waals surface area contributed by atoms with E-state index in [4.69, 9.17) is 5.11 Å². The lowest BCUT2D eigenvalue weighted by Crippen LogP contribution is -2.47. The summed E-state index contributed by atoms with van der Waals surface area (Å²) in [5.41, 5.74) is 1.16. The summed E-state index contributed by atoms with van der Waals surface area (Å²) in [6.45, 7) is 0.781. The Morgan fingerprint density at radius 2 is 2.00 bits per heavy atom. The second kappa shape index (κ2) is 6.13. The first-order valence-electron chi connectivity index (χ1n) is 7.01. The van der Waals surface area contributed by atoms with Crippen LogP contribution in [0.5, 0.6) is 0 Å². The van der Waals surface area contributed by atoms with Gasteiger partial charge in [-0.2, -0.15) is 0 Å². The van der Waals surface area contributed by atoms with Gasteiger partial charge < -0.3 is 20.8 Å². The Morgan fingerprint density at radius 3 is 2.71 bits per heavy atom. The third-order valence-corrected chi connectivity index (χ3v) is 3.70. The van der Waals surface area contributed by atoms with Crippen LogP contribution < -0.4 is 10.6 Å². The minimum absolute atomic E-state index is 0.358. The van der Waals surface area contributed by atoms with E-state index in [0.29, 0.717) is 0 Å². The zero-order chi connectivity index (χ0) is 15.5. The van der Waals surface area contributed by atoms with E-state index in [1.807, 2.05) is 12.1 Å². The fourth-order valence-electron chi connectivity index (χ4n) is 2.39. The Kier molecular flexibility index (Phi) is 4.47. The number of urea groups is 1. The van der Waals surface area contributed by atoms with Gasteiger partial charge in [-0.3, -0.25) is 0 Å². The molecule has 0 heterocycles. The smallest absolute Gasteiger partial charge is 0.337 e. The Bertz CT molecular complexity index is 555. The zero-order valence-corrected chi connectivity index (χ0v) is 12.0. The second-order valence-electron chi connectivity index (χ2n) is 5.54. The average Bonchev–Trinajstić information content (AvgIpc) is 2.45. The first-order chi connectivity index (χ1) is 9.90. The van der Waals surface area contributed by atoms with Gasteiger partial charge in [0.1, 0.15) is 0 Å². The van der Waals surface area contributed by atoms with E-state index >= 15 is 0 Å². The Morgan fingerprint density at radius 1 is 1.29 bits per heavy atom. The molecular weight excluding hydrogens is 272 g/mol. The van der Waals surface area contributed by atoms with Crippen LogP contribution in [0.15, 0.2) is 18.2 Å². The molecule has 1 aliphatic carbocycles. The predicted molar refractivity (Wildman–Crippen MR) is 78.4 cm³/mol. The van der Waals surface area contributed by atoms with E-state index in [-0.39, 0.29) is 6.54 Å². The molecule has 1 unspecified atom stereocenters. The summed E-state index contributed by atoms with van der Waals surface area (Å²) in [7, 11) is 0. The molecule has 0 aromatic heterocycles. The number of carboxylic acids is 1. The second-order valence-corrected chi connectivity index (χ2v) is 5.54. The predicted octanol–water partition coefficient (Wildman–Crippen LogP) is 1.52. The number of aliphatic hydroxyl groups is 1. The number of anilines is 1. The lowest BCUT2D eigenvalue weighted by Gasteiger charge is -2.21. The number of nitrogens with one attached hydrogen (secondary N) is 2. The molecule has 0 radical (unpaired) electrons. The van der Waals surface area contributed by atoms with E-state index in [1.165, 1.54) is 5.56 Å². The highest BCUT2D eigenvalue weighted by Gasteiger charge is 2.30. The highest BCUT2D eigenvalue weighted by atomic mass is 16.4. The molecule has 114 valence electrons. The number of carbonyl (C=O) groups is 2. The van der Waals surface area contributed by atoms with Crippen LogP contribution >= 0.6 is 0 Å². The normalized spacial score (nSPS) is 16.5. The molecule has 0 aliphatic heterocycles. The number of rotatable bonds is 4. The van der Waals surface area contributed by atoms with Crippen molar-refractivity contribution >= 4 is 17.7 Å². The van der Waals surface area contributed by atoms with Crippen LogP contribution in [0.3, 0.4) is 0 Å². The maximum absolute atomic E-state index is 11.8. The molecule has 6 heteroatoms. The molecule has 0 saturated carbocycles. The fourth-order valence-corrected chi connectivity index (χ4v) is 2.39. The van der Waals surface area contributed by atoms with Gasteiger partial charge in [-0.25, -0.2) is 9.59 Å². The van der Waals surface area contributed by atoms with Crippen molar-refractivity contribution in [2.45, 2.75) is 38.2 Å². The molecule has 2 amide bonds. The summed E-state index contributed by atoms with van der Waals surface area (Å²) in [4.78, 5) is 22.6. The largest absolute Gasteiger partial charge is 0.479 e. The standard InChI is InChI=1S/C15H20N2O4/c1-15(21,13(18)19)9-16-14(20)17-12-8-4-6-10-5-2-3-7-11(10)12/h4,6,8,21H,2-3,5,7,9H2,1H3,(H,18,19)(H2,16,17,20). The van der Waals surface area contributed by atoms with E-state index < -0.39 is 17.6 Å². The maximum atomic E-state index is 11.8. The number of hydrogen-bond donors (Lipinski definition) is 4. The highest BCUT2D eigenvalue weighted by molar-refractivity contribution is 5.91. The molecule has 6 nitrogen and oxygen atoms in total. The molecule has 0 spiro atoms. The number of aryl methyl sites for hydroxylation is 1. The third-order valence-electron chi connectivity index (χ3n) is 3.70. The van der Waals surface area contributed by atoms with E-state index in [2.05, 4.69) is 16.7 Å². The number of hydrogen-bond acceptors (Lipinski definition) is 3. The topological polar surface area (TPSA) is 98.7 Å². The van der Waals surface area contributed by atoms with Gasteiger partial charge in [-0.15, -0.1) is 0 Å². The molecule has 1 atom stereocenters. The molecule has 21 heavy (non-hydrogen) atoms. The van der Waals surface area contributed by atoms with Crippen molar-refractivity contribution in [1.82, 2.24) is 5.32 Å². The molecule has 1 aromatic rings. The van der Waals surface area contributed by atoms with Gasteiger partial charge in [-0.05, 0) is 49.8 Å². The first kappa shape index (κ1) is 15.3. The first-order valence-corrected chi connectivity index (χ1v) is 7.01. The number of benzene rings is 1. The number of amides is 2. The molecule has 0 fully saturated rings. The van der Waals surface area contributed by atoms with Crippen molar-refractivity contribution in [1.29, 1.82) is 0 Å². The van der Waals surface area contributed by atoms with Crippen LogP contribution in [0, 0.1) is 0 Å². The summed E-state index contributed by atoms with van der Waals surface area (Å²) in [5, 5.41) is 23.4. The third kappa shape index (κ3) is 3.72. The van der Waals surface area contributed by atoms with Crippen molar-refractivity contribution in [3.63, 3.8) is 0 Å². The van der Waals surface area contributed by atoms with Crippen LogP contribution in [0.1, 0.15) is 30.9 Å². The summed E-state index contributed by atoms with van der Waals surface area (Å²) in [5.74, 6) is -1.38. The molecule has 2 rings (SSSR count). The SMILES string of the molecule is CC(O)(CNC(=O)Nc1cccc2c1CCCC2)C(=O)O. The molecule has 4 N–H and O–H groups in total. The van der Waals surface area contributed by atoms with Crippen LogP contribution in [0.25, 0.3) is 0 Å². The van der Waals surface area contributed by atoms with Crippen LogP contribution in [0.4, 0.5) is 10.5 Å². The number of aliphatic carboxylic acids is 1. The van der Waals surface area contributed by atoms with Gasteiger partial charge in [-0.1, -0.05) is 12.1 Å². The molecule has 1 aliphatic rings. The van der Waals surface area contributed by atoms with Crippen molar-refractivity contribution in [3.8, 4) is 0 Å². The average molecular weight is 292 g/mol. The summed E-state index contributed by atoms with van der Waals surface area (Å²) in [6.07, 6.45) is 4.20. The molecule has 1 aromatic carbocycles. The Balaban J connectivity index is 1.99. The van der Waals surface area contributed by atoms with Gasteiger partial charge in [0.05, 0.1) is 6.54 Å². The lowest BCUT2D eigenvalue weighted by atomic mass is 9.90. The Hall–Kier alpha value is -2.08.